The van der Waals surface area contributed by atoms with Crippen molar-refractivity contribution in [3.63, 3.8) is 0 Å². The summed E-state index contributed by atoms with van der Waals surface area (Å²) in [5, 5.41) is 4.53. The second-order valence-corrected chi connectivity index (χ2v) is 5.24. The molecule has 1 atom stereocenters. The van der Waals surface area contributed by atoms with Gasteiger partial charge in [-0.2, -0.15) is 0 Å². The van der Waals surface area contributed by atoms with Crippen molar-refractivity contribution in [2.75, 3.05) is 19.6 Å². The number of likely N-dealkylation sites (N-methyl/N-ethyl adjacent to an activating group) is 1. The van der Waals surface area contributed by atoms with E-state index in [-0.39, 0.29) is 22.6 Å². The predicted molar refractivity (Wildman–Crippen MR) is 73.5 cm³/mol. The molecule has 0 fully saturated rings. The molecule has 0 aliphatic rings. The van der Waals surface area contributed by atoms with Crippen molar-refractivity contribution in [2.24, 2.45) is 4.99 Å². The topological polar surface area (TPSA) is 29.7 Å². The zero-order valence-electron chi connectivity index (χ0n) is 12.3. The third kappa shape index (κ3) is 9.63. The van der Waals surface area contributed by atoms with E-state index < -0.39 is 0 Å². The molecule has 0 rings (SSSR count). The molecule has 0 aromatic carbocycles. The Morgan fingerprint density at radius 3 is 2.06 bits per heavy atom. The SMILES string of the molecule is CCN(CC)C(C)C[N-]C(C)=NC(C)(C)C.[Cu+]. The van der Waals surface area contributed by atoms with E-state index in [0.717, 1.165) is 25.5 Å². The second-order valence-electron chi connectivity index (χ2n) is 5.24. The largest absolute Gasteiger partial charge is 1.00 e. The quantitative estimate of drug-likeness (QED) is 0.434. The van der Waals surface area contributed by atoms with Gasteiger partial charge in [0.25, 0.3) is 0 Å². The number of aliphatic imine (C=N–C) groups is 1. The minimum absolute atomic E-state index is 0. The van der Waals surface area contributed by atoms with Crippen molar-refractivity contribution < 1.29 is 17.1 Å². The molecule has 0 aliphatic heterocycles. The van der Waals surface area contributed by atoms with Gasteiger partial charge in [0.15, 0.2) is 0 Å². The van der Waals surface area contributed by atoms with Gasteiger partial charge >= 0.3 is 17.1 Å². The van der Waals surface area contributed by atoms with Gasteiger partial charge in [-0.1, -0.05) is 40.5 Å². The molecule has 0 amide bonds. The molecule has 0 aromatic heterocycles. The molecule has 0 saturated heterocycles. The van der Waals surface area contributed by atoms with Crippen molar-refractivity contribution in [3.05, 3.63) is 5.32 Å². The minimum atomic E-state index is -0.0218. The van der Waals surface area contributed by atoms with Crippen LogP contribution < -0.4 is 0 Å². The Bertz CT molecular complexity index is 217. The van der Waals surface area contributed by atoms with Crippen LogP contribution in [0, 0.1) is 0 Å². The summed E-state index contributed by atoms with van der Waals surface area (Å²) in [7, 11) is 0. The van der Waals surface area contributed by atoms with Gasteiger partial charge in [0.1, 0.15) is 0 Å². The Morgan fingerprint density at radius 1 is 1.24 bits per heavy atom. The monoisotopic (exact) mass is 289 g/mol. The summed E-state index contributed by atoms with van der Waals surface area (Å²) < 4.78 is 0. The molecule has 0 radical (unpaired) electrons. The third-order valence-corrected chi connectivity index (χ3v) is 2.52. The van der Waals surface area contributed by atoms with Crippen LogP contribution in [-0.2, 0) is 17.1 Å². The van der Waals surface area contributed by atoms with Gasteiger partial charge in [0, 0.05) is 6.04 Å². The van der Waals surface area contributed by atoms with Crippen LogP contribution in [0.5, 0.6) is 0 Å². The summed E-state index contributed by atoms with van der Waals surface area (Å²) in [6, 6.07) is 0.500. The van der Waals surface area contributed by atoms with E-state index in [2.05, 4.69) is 56.8 Å². The maximum absolute atomic E-state index is 4.53. The Hall–Kier alpha value is -0.0505. The van der Waals surface area contributed by atoms with E-state index in [9.17, 15) is 0 Å². The molecule has 1 unspecified atom stereocenters. The van der Waals surface area contributed by atoms with Crippen molar-refractivity contribution in [3.8, 4) is 0 Å². The molecule has 106 valence electrons. The van der Waals surface area contributed by atoms with Crippen LogP contribution >= 0.6 is 0 Å². The first-order valence-electron chi connectivity index (χ1n) is 6.28. The molecule has 0 aromatic rings. The van der Waals surface area contributed by atoms with E-state index in [4.69, 9.17) is 0 Å². The van der Waals surface area contributed by atoms with Crippen LogP contribution in [-0.4, -0.2) is 42.0 Å². The number of nitrogens with zero attached hydrogens (tertiary/aromatic N) is 3. The van der Waals surface area contributed by atoms with Crippen LogP contribution in [0.1, 0.15) is 48.5 Å². The molecule has 0 N–H and O–H groups in total. The molecular weight excluding hydrogens is 262 g/mol. The maximum atomic E-state index is 4.53. The van der Waals surface area contributed by atoms with Crippen LogP contribution in [0.3, 0.4) is 0 Å². The van der Waals surface area contributed by atoms with Gasteiger partial charge < -0.3 is 15.2 Å². The molecule has 3 nitrogen and oxygen atoms in total. The fourth-order valence-electron chi connectivity index (χ4n) is 1.75. The molecule has 0 aliphatic carbocycles. The van der Waals surface area contributed by atoms with Crippen LogP contribution in [0.25, 0.3) is 5.32 Å². The Balaban J connectivity index is 0. The van der Waals surface area contributed by atoms with Crippen LogP contribution in [0.2, 0.25) is 0 Å². The summed E-state index contributed by atoms with van der Waals surface area (Å²) >= 11 is 0. The average Bonchev–Trinajstić information content (AvgIpc) is 2.14. The molecule has 17 heavy (non-hydrogen) atoms. The normalized spacial score (nSPS) is 14.5. The average molecular weight is 290 g/mol. The van der Waals surface area contributed by atoms with Crippen LogP contribution in [0.15, 0.2) is 4.99 Å². The minimum Gasteiger partial charge on any atom is -0.468 e. The molecule has 0 bridgehead atoms. The summed E-state index contributed by atoms with van der Waals surface area (Å²) in [4.78, 5) is 6.93. The van der Waals surface area contributed by atoms with Crippen molar-refractivity contribution in [1.82, 2.24) is 4.90 Å². The van der Waals surface area contributed by atoms with Crippen molar-refractivity contribution >= 4 is 5.84 Å². The van der Waals surface area contributed by atoms with E-state index in [1.807, 2.05) is 6.92 Å². The Kier molecular flexibility index (Phi) is 10.2. The first-order chi connectivity index (χ1) is 7.30. The van der Waals surface area contributed by atoms with E-state index in [1.54, 1.807) is 0 Å². The van der Waals surface area contributed by atoms with Gasteiger partial charge in [-0.3, -0.25) is 0 Å². The smallest absolute Gasteiger partial charge is 0.468 e. The van der Waals surface area contributed by atoms with Gasteiger partial charge in [0.05, 0.1) is 0 Å². The van der Waals surface area contributed by atoms with Gasteiger partial charge in [0.2, 0.25) is 0 Å². The summed E-state index contributed by atoms with van der Waals surface area (Å²) in [6.45, 7) is 17.9. The number of hydrogen-bond acceptors (Lipinski definition) is 2. The molecular formula is C13H28CuN3. The third-order valence-electron chi connectivity index (χ3n) is 2.52. The number of rotatable bonds is 5. The molecule has 4 heteroatoms. The van der Waals surface area contributed by atoms with Crippen molar-refractivity contribution in [2.45, 2.75) is 60.0 Å². The summed E-state index contributed by atoms with van der Waals surface area (Å²) in [6.07, 6.45) is 0. The van der Waals surface area contributed by atoms with Gasteiger partial charge in [-0.05, 0) is 39.0 Å². The Morgan fingerprint density at radius 2 is 1.71 bits per heavy atom. The molecule has 0 saturated carbocycles. The molecule has 0 heterocycles. The molecule has 0 spiro atoms. The number of hydrogen-bond donors (Lipinski definition) is 0. The first-order valence-corrected chi connectivity index (χ1v) is 6.28. The summed E-state index contributed by atoms with van der Waals surface area (Å²) in [5.41, 5.74) is -0.0218. The van der Waals surface area contributed by atoms with Crippen LogP contribution in [0.4, 0.5) is 0 Å². The van der Waals surface area contributed by atoms with Gasteiger partial charge in [-0.25, -0.2) is 0 Å². The maximum Gasteiger partial charge on any atom is 1.00 e. The van der Waals surface area contributed by atoms with Gasteiger partial charge in [-0.15, -0.1) is 0 Å². The van der Waals surface area contributed by atoms with E-state index in [1.165, 1.54) is 0 Å². The first kappa shape index (κ1) is 19.3. The van der Waals surface area contributed by atoms with Crippen molar-refractivity contribution in [1.29, 1.82) is 0 Å². The second kappa shape index (κ2) is 8.96. The van der Waals surface area contributed by atoms with E-state index in [0.29, 0.717) is 6.04 Å². The number of amidine groups is 1. The zero-order chi connectivity index (χ0) is 12.8. The fraction of sp³-hybridized carbons (Fsp3) is 0.923. The summed E-state index contributed by atoms with van der Waals surface area (Å²) in [5.74, 6) is 0.909. The predicted octanol–water partition coefficient (Wildman–Crippen LogP) is 3.30. The van der Waals surface area contributed by atoms with E-state index >= 15 is 0 Å². The Labute approximate surface area is 118 Å². The zero-order valence-corrected chi connectivity index (χ0v) is 13.3. The standard InChI is InChI=1S/C13H28N3.Cu/c1-8-16(9-2)11(3)10-14-12(4)15-13(5,6)7;/h11H,8-10H2,1-7H3;/q-1;+1. The fourth-order valence-corrected chi connectivity index (χ4v) is 1.75.